The van der Waals surface area contributed by atoms with Crippen LogP contribution in [0.4, 0.5) is 17.1 Å². The van der Waals surface area contributed by atoms with Crippen LogP contribution in [-0.4, -0.2) is 14.5 Å². The Morgan fingerprint density at radius 2 is 1.02 bits per heavy atom. The molecule has 6 aromatic carbocycles. The number of para-hydroxylation sites is 3. The fourth-order valence-electron chi connectivity index (χ4n) is 8.06. The number of hydrogen-bond donors (Lipinski definition) is 0. The smallest absolute Gasteiger partial charge is 0.145 e. The van der Waals surface area contributed by atoms with Crippen LogP contribution in [0.15, 0.2) is 170 Å². The highest BCUT2D eigenvalue weighted by molar-refractivity contribution is 5.96. The van der Waals surface area contributed by atoms with Gasteiger partial charge in [0.1, 0.15) is 5.82 Å². The summed E-state index contributed by atoms with van der Waals surface area (Å²) in [5, 5.41) is 0. The lowest BCUT2D eigenvalue weighted by Gasteiger charge is -2.45. The molecule has 2 aromatic heterocycles. The number of pyridine rings is 1. The van der Waals surface area contributed by atoms with Crippen LogP contribution in [0.5, 0.6) is 0 Å². The van der Waals surface area contributed by atoms with Crippen LogP contribution in [0, 0.1) is 0 Å². The first kappa shape index (κ1) is 26.0. The van der Waals surface area contributed by atoms with E-state index < -0.39 is 5.41 Å². The van der Waals surface area contributed by atoms with Crippen LogP contribution in [0.2, 0.25) is 0 Å². The number of imidazole rings is 1. The topological polar surface area (TPSA) is 34.0 Å². The van der Waals surface area contributed by atoms with Crippen molar-refractivity contribution in [3.05, 3.63) is 192 Å². The minimum atomic E-state index is -0.411. The summed E-state index contributed by atoms with van der Waals surface area (Å²) in [7, 11) is 0. The summed E-state index contributed by atoms with van der Waals surface area (Å²) in [6.07, 6.45) is 3.70. The number of aromatic nitrogens is 3. The Labute approximate surface area is 272 Å². The standard InChI is InChI=1S/C43H28N4/c1-2-12-30(13-3-1)47-41-28-44-27-26-38(41)45-42(47)29-22-24-31(25-23-29)46-39-20-10-8-18-36(39)43(37-19-9-11-21-40(37)46)34-16-6-4-14-32(34)33-15-5-7-17-35(33)43/h1-28H. The first-order valence-corrected chi connectivity index (χ1v) is 16.0. The van der Waals surface area contributed by atoms with Gasteiger partial charge in [-0.05, 0) is 88.0 Å². The first-order chi connectivity index (χ1) is 23.3. The zero-order valence-electron chi connectivity index (χ0n) is 25.5. The van der Waals surface area contributed by atoms with E-state index in [1.165, 1.54) is 44.8 Å². The predicted octanol–water partition coefficient (Wildman–Crippen LogP) is 10.2. The molecule has 0 fully saturated rings. The van der Waals surface area contributed by atoms with Gasteiger partial charge in [0.15, 0.2) is 0 Å². The molecule has 47 heavy (non-hydrogen) atoms. The normalized spacial score (nSPS) is 13.7. The van der Waals surface area contributed by atoms with Gasteiger partial charge in [0.2, 0.25) is 0 Å². The van der Waals surface area contributed by atoms with Crippen LogP contribution >= 0.6 is 0 Å². The summed E-state index contributed by atoms with van der Waals surface area (Å²) in [5.41, 5.74) is 14.9. The minimum absolute atomic E-state index is 0.411. The van der Waals surface area contributed by atoms with Crippen molar-refractivity contribution in [2.75, 3.05) is 4.90 Å². The molecule has 10 rings (SSSR count). The summed E-state index contributed by atoms with van der Waals surface area (Å²) in [6, 6.07) is 56.9. The predicted molar refractivity (Wildman–Crippen MR) is 190 cm³/mol. The summed E-state index contributed by atoms with van der Waals surface area (Å²) in [6.45, 7) is 0. The zero-order chi connectivity index (χ0) is 31.0. The van der Waals surface area contributed by atoms with Crippen LogP contribution < -0.4 is 4.90 Å². The van der Waals surface area contributed by atoms with Gasteiger partial charge in [0.25, 0.3) is 0 Å². The van der Waals surface area contributed by atoms with Gasteiger partial charge in [0.05, 0.1) is 34.0 Å². The maximum Gasteiger partial charge on any atom is 0.145 e. The number of nitrogens with zero attached hydrogens (tertiary/aromatic N) is 4. The van der Waals surface area contributed by atoms with E-state index in [0.717, 1.165) is 33.8 Å². The Bertz CT molecular complexity index is 2380. The second-order valence-corrected chi connectivity index (χ2v) is 12.2. The molecule has 1 aliphatic carbocycles. The van der Waals surface area contributed by atoms with Crippen molar-refractivity contribution in [2.45, 2.75) is 5.41 Å². The third kappa shape index (κ3) is 3.52. The number of benzene rings is 6. The van der Waals surface area contributed by atoms with Crippen molar-refractivity contribution in [2.24, 2.45) is 0 Å². The SMILES string of the molecule is c1ccc(-n2c(-c3ccc(N4c5ccccc5C5(c6ccccc6-c6ccccc65)c5ccccc54)cc3)nc3ccncc32)cc1. The van der Waals surface area contributed by atoms with Gasteiger partial charge < -0.3 is 4.90 Å². The van der Waals surface area contributed by atoms with Gasteiger partial charge in [-0.15, -0.1) is 0 Å². The molecule has 0 atom stereocenters. The van der Waals surface area contributed by atoms with Crippen molar-refractivity contribution >= 4 is 28.1 Å². The molecule has 0 unspecified atom stereocenters. The van der Waals surface area contributed by atoms with E-state index in [-0.39, 0.29) is 0 Å². The van der Waals surface area contributed by atoms with E-state index in [4.69, 9.17) is 4.98 Å². The molecule has 3 heterocycles. The molecule has 0 saturated heterocycles. The highest BCUT2D eigenvalue weighted by Crippen LogP contribution is 2.63. The van der Waals surface area contributed by atoms with Crippen LogP contribution in [0.3, 0.4) is 0 Å². The zero-order valence-corrected chi connectivity index (χ0v) is 25.5. The quantitative estimate of drug-likeness (QED) is 0.202. The molecule has 1 spiro atoms. The van der Waals surface area contributed by atoms with E-state index in [1.807, 2.05) is 18.3 Å². The fourth-order valence-corrected chi connectivity index (χ4v) is 8.06. The van der Waals surface area contributed by atoms with Gasteiger partial charge in [-0.2, -0.15) is 0 Å². The van der Waals surface area contributed by atoms with Crippen LogP contribution in [0.25, 0.3) is 39.2 Å². The van der Waals surface area contributed by atoms with Gasteiger partial charge in [-0.3, -0.25) is 9.55 Å². The third-order valence-corrected chi connectivity index (χ3v) is 9.91. The molecule has 0 bridgehead atoms. The number of rotatable bonds is 3. The van der Waals surface area contributed by atoms with Crippen molar-refractivity contribution in [1.82, 2.24) is 14.5 Å². The monoisotopic (exact) mass is 600 g/mol. The average molecular weight is 601 g/mol. The van der Waals surface area contributed by atoms with Crippen molar-refractivity contribution in [3.63, 3.8) is 0 Å². The molecule has 4 nitrogen and oxygen atoms in total. The summed E-state index contributed by atoms with van der Waals surface area (Å²) in [4.78, 5) is 11.9. The molecular formula is C43H28N4. The van der Waals surface area contributed by atoms with Gasteiger partial charge in [-0.1, -0.05) is 103 Å². The molecule has 0 N–H and O–H groups in total. The maximum absolute atomic E-state index is 5.07. The largest absolute Gasteiger partial charge is 0.310 e. The second kappa shape index (κ2) is 9.87. The lowest BCUT2D eigenvalue weighted by molar-refractivity contribution is 0.752. The fraction of sp³-hybridized carbons (Fsp3) is 0.0233. The van der Waals surface area contributed by atoms with E-state index >= 15 is 0 Å². The Hall–Kier alpha value is -6.26. The van der Waals surface area contributed by atoms with Gasteiger partial charge in [0, 0.05) is 23.1 Å². The van der Waals surface area contributed by atoms with E-state index in [9.17, 15) is 0 Å². The average Bonchev–Trinajstić information content (AvgIpc) is 3.68. The summed E-state index contributed by atoms with van der Waals surface area (Å²) < 4.78 is 2.20. The first-order valence-electron chi connectivity index (χ1n) is 16.0. The molecule has 220 valence electrons. The molecule has 1 aliphatic heterocycles. The van der Waals surface area contributed by atoms with Crippen molar-refractivity contribution < 1.29 is 0 Å². The number of fused-ring (bicyclic) bond motifs is 10. The molecular weight excluding hydrogens is 573 g/mol. The number of anilines is 3. The molecule has 2 aliphatic rings. The van der Waals surface area contributed by atoms with E-state index in [2.05, 4.69) is 160 Å². The maximum atomic E-state index is 5.07. The van der Waals surface area contributed by atoms with Crippen LogP contribution in [-0.2, 0) is 5.41 Å². The van der Waals surface area contributed by atoms with E-state index in [1.54, 1.807) is 6.20 Å². The summed E-state index contributed by atoms with van der Waals surface area (Å²) in [5.74, 6) is 0.892. The number of hydrogen-bond acceptors (Lipinski definition) is 3. The Balaban J connectivity index is 1.17. The second-order valence-electron chi connectivity index (χ2n) is 12.2. The Morgan fingerprint density at radius 1 is 0.468 bits per heavy atom. The van der Waals surface area contributed by atoms with Crippen molar-refractivity contribution in [3.8, 4) is 28.2 Å². The molecule has 0 amide bonds. The van der Waals surface area contributed by atoms with Gasteiger partial charge in [-0.25, -0.2) is 4.98 Å². The van der Waals surface area contributed by atoms with Crippen LogP contribution in [0.1, 0.15) is 22.3 Å². The molecule has 4 heteroatoms. The Morgan fingerprint density at radius 3 is 1.66 bits per heavy atom. The highest BCUT2D eigenvalue weighted by atomic mass is 15.2. The van der Waals surface area contributed by atoms with Gasteiger partial charge >= 0.3 is 0 Å². The highest BCUT2D eigenvalue weighted by Gasteiger charge is 2.51. The molecule has 8 aromatic rings. The summed E-state index contributed by atoms with van der Waals surface area (Å²) >= 11 is 0. The Kier molecular flexibility index (Phi) is 5.46. The lowest BCUT2D eigenvalue weighted by atomic mass is 9.64. The molecule has 0 saturated carbocycles. The third-order valence-electron chi connectivity index (χ3n) is 9.91. The van der Waals surface area contributed by atoms with Crippen molar-refractivity contribution in [1.29, 1.82) is 0 Å². The lowest BCUT2D eigenvalue weighted by Crippen LogP contribution is -2.36. The minimum Gasteiger partial charge on any atom is -0.310 e. The van der Waals surface area contributed by atoms with E-state index in [0.29, 0.717) is 0 Å². The molecule has 0 radical (unpaired) electrons.